The maximum Gasteiger partial charge on any atom is 0.152 e. The summed E-state index contributed by atoms with van der Waals surface area (Å²) in [6.45, 7) is 9.17. The van der Waals surface area contributed by atoms with Crippen molar-refractivity contribution in [3.63, 3.8) is 0 Å². The van der Waals surface area contributed by atoms with E-state index in [1.807, 2.05) is 6.20 Å². The van der Waals surface area contributed by atoms with Crippen molar-refractivity contribution in [1.82, 2.24) is 19.7 Å². The van der Waals surface area contributed by atoms with Crippen LogP contribution in [0.4, 0.5) is 0 Å². The molecule has 0 unspecified atom stereocenters. The predicted molar refractivity (Wildman–Crippen MR) is 143 cm³/mol. The fourth-order valence-electron chi connectivity index (χ4n) is 6.52. The van der Waals surface area contributed by atoms with Gasteiger partial charge in [-0.3, -0.25) is 14.8 Å². The molecule has 192 valence electrons. The highest BCUT2D eigenvalue weighted by molar-refractivity contribution is 5.89. The molecular weight excluding hydrogens is 448 g/mol. The Bertz CT molecular complexity index is 1140. The summed E-state index contributed by atoms with van der Waals surface area (Å²) in [7, 11) is 1.81. The summed E-state index contributed by atoms with van der Waals surface area (Å²) in [4.78, 5) is 12.4. The van der Waals surface area contributed by atoms with Gasteiger partial charge in [0, 0.05) is 68.9 Å². The Balaban J connectivity index is 1.19. The third-order valence-electron chi connectivity index (χ3n) is 8.71. The summed E-state index contributed by atoms with van der Waals surface area (Å²) < 4.78 is 12.1. The number of aromatic nitrogens is 1. The number of ether oxygens (including phenoxy) is 2. The molecule has 36 heavy (non-hydrogen) atoms. The Morgan fingerprint density at radius 2 is 1.94 bits per heavy atom. The fraction of sp³-hybridized carbons (Fsp3) is 0.567. The van der Waals surface area contributed by atoms with Gasteiger partial charge in [-0.15, -0.1) is 0 Å². The van der Waals surface area contributed by atoms with Crippen LogP contribution in [0.3, 0.4) is 0 Å². The zero-order valence-corrected chi connectivity index (χ0v) is 21.9. The van der Waals surface area contributed by atoms with Crippen molar-refractivity contribution >= 4 is 10.9 Å². The summed E-state index contributed by atoms with van der Waals surface area (Å²) in [6.07, 6.45) is 13.8. The van der Waals surface area contributed by atoms with Gasteiger partial charge in [-0.1, -0.05) is 19.1 Å². The Labute approximate surface area is 215 Å². The Kier molecular flexibility index (Phi) is 6.89. The van der Waals surface area contributed by atoms with Crippen molar-refractivity contribution in [2.75, 3.05) is 40.0 Å². The Morgan fingerprint density at radius 3 is 2.75 bits per heavy atom. The second-order valence-electron chi connectivity index (χ2n) is 11.1. The smallest absolute Gasteiger partial charge is 0.152 e. The monoisotopic (exact) mass is 488 g/mol. The molecule has 3 heterocycles. The van der Waals surface area contributed by atoms with E-state index in [4.69, 9.17) is 14.5 Å². The van der Waals surface area contributed by atoms with Crippen LogP contribution in [0.2, 0.25) is 0 Å². The third kappa shape index (κ3) is 4.73. The van der Waals surface area contributed by atoms with Crippen LogP contribution in [-0.2, 0) is 17.8 Å². The van der Waals surface area contributed by atoms with Crippen LogP contribution in [0.25, 0.3) is 10.9 Å². The summed E-state index contributed by atoms with van der Waals surface area (Å²) in [5.74, 6) is 3.00. The lowest BCUT2D eigenvalue weighted by molar-refractivity contribution is 0.0355. The minimum atomic E-state index is 0.644. The van der Waals surface area contributed by atoms with Crippen molar-refractivity contribution in [3.05, 3.63) is 59.1 Å². The quantitative estimate of drug-likeness (QED) is 0.570. The lowest BCUT2D eigenvalue weighted by Crippen LogP contribution is -2.45. The first kappa shape index (κ1) is 23.8. The highest BCUT2D eigenvalue weighted by Gasteiger charge is 2.30. The SMILES string of the molecule is COC1=C(N2CCN(Cc3cc4c(c5ncccc35)OCN(C3CCC(C)CC3)C4)CC2)C=CCC1. The van der Waals surface area contributed by atoms with Crippen molar-refractivity contribution in [3.8, 4) is 5.75 Å². The van der Waals surface area contributed by atoms with E-state index in [2.05, 4.69) is 52.0 Å². The molecule has 4 aliphatic rings. The molecule has 2 fully saturated rings. The Hall–Kier alpha value is -2.57. The summed E-state index contributed by atoms with van der Waals surface area (Å²) in [5.41, 5.74) is 4.99. The zero-order chi connectivity index (χ0) is 24.5. The first-order valence-corrected chi connectivity index (χ1v) is 13.9. The predicted octanol–water partition coefficient (Wildman–Crippen LogP) is 5.29. The minimum Gasteiger partial charge on any atom is -0.499 e. The minimum absolute atomic E-state index is 0.644. The van der Waals surface area contributed by atoms with Gasteiger partial charge in [0.15, 0.2) is 5.75 Å². The average Bonchev–Trinajstić information content (AvgIpc) is 2.94. The molecule has 0 amide bonds. The molecule has 2 aliphatic heterocycles. The molecule has 2 aromatic rings. The van der Waals surface area contributed by atoms with Crippen molar-refractivity contribution in [2.24, 2.45) is 5.92 Å². The van der Waals surface area contributed by atoms with Crippen LogP contribution in [-0.4, -0.2) is 65.7 Å². The number of benzene rings is 1. The first-order chi connectivity index (χ1) is 17.7. The van der Waals surface area contributed by atoms with E-state index in [9.17, 15) is 0 Å². The molecule has 0 N–H and O–H groups in total. The van der Waals surface area contributed by atoms with Gasteiger partial charge in [0.25, 0.3) is 0 Å². The van der Waals surface area contributed by atoms with Gasteiger partial charge >= 0.3 is 0 Å². The second kappa shape index (κ2) is 10.4. The van der Waals surface area contributed by atoms with Gasteiger partial charge in [0.05, 0.1) is 12.8 Å². The molecule has 6 nitrogen and oxygen atoms in total. The molecule has 2 aliphatic carbocycles. The van der Waals surface area contributed by atoms with Gasteiger partial charge in [0.2, 0.25) is 0 Å². The summed E-state index contributed by atoms with van der Waals surface area (Å²) in [5, 5.41) is 1.23. The molecule has 1 aromatic carbocycles. The van der Waals surface area contributed by atoms with Crippen molar-refractivity contribution in [1.29, 1.82) is 0 Å². The normalized spacial score (nSPS) is 25.7. The first-order valence-electron chi connectivity index (χ1n) is 13.9. The molecule has 6 rings (SSSR count). The van der Waals surface area contributed by atoms with Crippen LogP contribution < -0.4 is 4.74 Å². The van der Waals surface area contributed by atoms with Crippen LogP contribution in [0.5, 0.6) is 5.75 Å². The lowest BCUT2D eigenvalue weighted by Gasteiger charge is -2.39. The number of rotatable bonds is 5. The van der Waals surface area contributed by atoms with Gasteiger partial charge < -0.3 is 14.4 Å². The third-order valence-corrected chi connectivity index (χ3v) is 8.71. The van der Waals surface area contributed by atoms with Crippen molar-refractivity contribution < 1.29 is 9.47 Å². The molecule has 0 radical (unpaired) electrons. The van der Waals surface area contributed by atoms with E-state index >= 15 is 0 Å². The number of piperazine rings is 1. The molecule has 6 heteroatoms. The van der Waals surface area contributed by atoms with Gasteiger partial charge in [-0.05, 0) is 61.8 Å². The van der Waals surface area contributed by atoms with E-state index in [-0.39, 0.29) is 0 Å². The Morgan fingerprint density at radius 1 is 1.11 bits per heavy atom. The van der Waals surface area contributed by atoms with E-state index in [0.29, 0.717) is 12.8 Å². The largest absolute Gasteiger partial charge is 0.499 e. The second-order valence-corrected chi connectivity index (χ2v) is 11.1. The summed E-state index contributed by atoms with van der Waals surface area (Å²) >= 11 is 0. The van der Waals surface area contributed by atoms with E-state index < -0.39 is 0 Å². The van der Waals surface area contributed by atoms with Gasteiger partial charge in [-0.2, -0.15) is 0 Å². The number of pyridine rings is 1. The maximum atomic E-state index is 6.40. The maximum absolute atomic E-state index is 6.40. The van der Waals surface area contributed by atoms with Crippen LogP contribution in [0, 0.1) is 5.92 Å². The molecule has 0 spiro atoms. The van der Waals surface area contributed by atoms with E-state index in [1.54, 1.807) is 7.11 Å². The zero-order valence-electron chi connectivity index (χ0n) is 21.9. The standard InChI is InChI=1S/C30H40N4O2/c1-22-9-11-25(12-10-22)34-20-24-18-23(26-6-5-13-31-29(26)30(24)36-21-34)19-32-14-16-33(17-15-32)27-7-3-4-8-28(27)35-2/h3,5-7,13,18,22,25H,4,8-12,14-17,19-21H2,1-2H3. The fourth-order valence-corrected chi connectivity index (χ4v) is 6.52. The number of hydrogen-bond acceptors (Lipinski definition) is 6. The number of nitrogens with zero attached hydrogens (tertiary/aromatic N) is 4. The number of hydrogen-bond donors (Lipinski definition) is 0. The number of methoxy groups -OCH3 is 1. The van der Waals surface area contributed by atoms with Crippen molar-refractivity contribution in [2.45, 2.75) is 64.6 Å². The molecule has 1 saturated carbocycles. The van der Waals surface area contributed by atoms with E-state index in [1.165, 1.54) is 47.9 Å². The molecule has 1 aromatic heterocycles. The molecule has 0 atom stereocenters. The van der Waals surface area contributed by atoms with Crippen LogP contribution in [0.1, 0.15) is 56.6 Å². The molecular formula is C30H40N4O2. The molecule has 1 saturated heterocycles. The summed E-state index contributed by atoms with van der Waals surface area (Å²) in [6, 6.07) is 7.33. The van der Waals surface area contributed by atoms with Gasteiger partial charge in [0.1, 0.15) is 18.0 Å². The lowest BCUT2D eigenvalue weighted by atomic mass is 9.86. The van der Waals surface area contributed by atoms with Gasteiger partial charge in [-0.25, -0.2) is 0 Å². The van der Waals surface area contributed by atoms with E-state index in [0.717, 1.165) is 75.1 Å². The highest BCUT2D eigenvalue weighted by Crippen LogP contribution is 2.38. The topological polar surface area (TPSA) is 41.1 Å². The average molecular weight is 489 g/mol. The molecule has 0 bridgehead atoms. The highest BCUT2D eigenvalue weighted by atomic mass is 16.5. The number of fused-ring (bicyclic) bond motifs is 3. The number of allylic oxidation sites excluding steroid dienone is 3. The van der Waals surface area contributed by atoms with Crippen LogP contribution in [0.15, 0.2) is 48.0 Å². The van der Waals surface area contributed by atoms with Crippen LogP contribution >= 0.6 is 0 Å².